The Labute approximate surface area is 128 Å². The molecule has 0 saturated heterocycles. The van der Waals surface area contributed by atoms with E-state index in [1.54, 1.807) is 0 Å². The summed E-state index contributed by atoms with van der Waals surface area (Å²) >= 11 is 12.1. The lowest BCUT2D eigenvalue weighted by Gasteiger charge is -2.12. The lowest BCUT2D eigenvalue weighted by molar-refractivity contribution is -0.384. The van der Waals surface area contributed by atoms with Gasteiger partial charge >= 0.3 is 0 Å². The van der Waals surface area contributed by atoms with Crippen molar-refractivity contribution in [3.63, 3.8) is 0 Å². The summed E-state index contributed by atoms with van der Waals surface area (Å²) in [6.45, 7) is 0.785. The van der Waals surface area contributed by atoms with Crippen LogP contribution in [0.2, 0.25) is 10.0 Å². The number of nitrogens with one attached hydrogen (secondary N) is 1. The Hall–Kier alpha value is -1.00. The molecule has 2 rings (SSSR count). The average Bonchev–Trinajstić information content (AvgIpc) is 2.89. The average molecular weight is 317 g/mol. The van der Waals surface area contributed by atoms with Gasteiger partial charge < -0.3 is 5.32 Å². The molecule has 1 aromatic rings. The molecule has 0 heterocycles. The van der Waals surface area contributed by atoms with E-state index in [9.17, 15) is 10.1 Å². The first kappa shape index (κ1) is 15.4. The summed E-state index contributed by atoms with van der Waals surface area (Å²) in [7, 11) is 0. The molecule has 1 saturated carbocycles. The number of benzene rings is 1. The van der Waals surface area contributed by atoms with Crippen molar-refractivity contribution in [3.05, 3.63) is 32.3 Å². The van der Waals surface area contributed by atoms with Crippen LogP contribution in [-0.4, -0.2) is 11.5 Å². The largest absolute Gasteiger partial charge is 0.383 e. The van der Waals surface area contributed by atoms with Gasteiger partial charge in [-0.3, -0.25) is 10.1 Å². The molecule has 0 aliphatic heterocycles. The van der Waals surface area contributed by atoms with Crippen molar-refractivity contribution in [1.29, 1.82) is 0 Å². The smallest absolute Gasteiger partial charge is 0.272 e. The van der Waals surface area contributed by atoms with Gasteiger partial charge in [0.1, 0.15) is 0 Å². The van der Waals surface area contributed by atoms with E-state index in [2.05, 4.69) is 5.32 Å². The molecule has 1 fully saturated rings. The van der Waals surface area contributed by atoms with Crippen LogP contribution in [-0.2, 0) is 0 Å². The first-order valence-corrected chi connectivity index (χ1v) is 7.71. The number of non-ortho nitro benzene ring substituents is 1. The van der Waals surface area contributed by atoms with Crippen LogP contribution in [0.5, 0.6) is 0 Å². The predicted octanol–water partition coefficient (Wildman–Crippen LogP) is 5.28. The summed E-state index contributed by atoms with van der Waals surface area (Å²) in [6.07, 6.45) is 7.69. The molecule has 6 heteroatoms. The van der Waals surface area contributed by atoms with Crippen LogP contribution in [0.25, 0.3) is 0 Å². The molecule has 0 amide bonds. The van der Waals surface area contributed by atoms with Crippen LogP contribution in [0.4, 0.5) is 11.4 Å². The first-order valence-electron chi connectivity index (χ1n) is 6.95. The molecular weight excluding hydrogens is 299 g/mol. The summed E-state index contributed by atoms with van der Waals surface area (Å²) in [5.41, 5.74) is 0.502. The Balaban J connectivity index is 1.87. The van der Waals surface area contributed by atoms with Crippen molar-refractivity contribution >= 4 is 34.6 Å². The maximum atomic E-state index is 10.7. The van der Waals surface area contributed by atoms with Gasteiger partial charge in [-0.05, 0) is 18.8 Å². The predicted molar refractivity (Wildman–Crippen MR) is 82.8 cm³/mol. The molecule has 1 aliphatic rings. The van der Waals surface area contributed by atoms with Crippen LogP contribution in [0.3, 0.4) is 0 Å². The Morgan fingerprint density at radius 2 is 1.85 bits per heavy atom. The molecule has 0 bridgehead atoms. The Morgan fingerprint density at radius 1 is 1.25 bits per heavy atom. The summed E-state index contributed by atoms with van der Waals surface area (Å²) in [5.74, 6) is 0.861. The number of hydrogen-bond donors (Lipinski definition) is 1. The topological polar surface area (TPSA) is 55.2 Å². The third kappa shape index (κ3) is 4.00. The number of halogens is 2. The summed E-state index contributed by atoms with van der Waals surface area (Å²) in [4.78, 5) is 10.2. The second kappa shape index (κ2) is 7.14. The molecule has 110 valence electrons. The highest BCUT2D eigenvalue weighted by atomic mass is 35.5. The molecule has 0 atom stereocenters. The van der Waals surface area contributed by atoms with Crippen LogP contribution in [0, 0.1) is 16.0 Å². The molecule has 0 spiro atoms. The first-order chi connectivity index (χ1) is 9.58. The quantitative estimate of drug-likeness (QED) is 0.441. The van der Waals surface area contributed by atoms with Crippen LogP contribution in [0.1, 0.15) is 38.5 Å². The van der Waals surface area contributed by atoms with Crippen LogP contribution < -0.4 is 5.32 Å². The fraction of sp³-hybridized carbons (Fsp3) is 0.571. The third-order valence-corrected chi connectivity index (χ3v) is 4.40. The van der Waals surface area contributed by atoms with Crippen LogP contribution >= 0.6 is 23.2 Å². The van der Waals surface area contributed by atoms with Crippen molar-refractivity contribution in [1.82, 2.24) is 0 Å². The lowest BCUT2D eigenvalue weighted by atomic mass is 10.0. The zero-order chi connectivity index (χ0) is 14.5. The van der Waals surface area contributed by atoms with Crippen molar-refractivity contribution in [2.24, 2.45) is 5.92 Å². The van der Waals surface area contributed by atoms with Crippen molar-refractivity contribution in [3.8, 4) is 0 Å². The molecule has 0 unspecified atom stereocenters. The number of hydrogen-bond acceptors (Lipinski definition) is 3. The Morgan fingerprint density at radius 3 is 2.40 bits per heavy atom. The minimum Gasteiger partial charge on any atom is -0.383 e. The van der Waals surface area contributed by atoms with Gasteiger partial charge in [0.2, 0.25) is 0 Å². The van der Waals surface area contributed by atoms with Crippen LogP contribution in [0.15, 0.2) is 12.1 Å². The maximum Gasteiger partial charge on any atom is 0.272 e. The highest BCUT2D eigenvalue weighted by Crippen LogP contribution is 2.35. The summed E-state index contributed by atoms with van der Waals surface area (Å²) < 4.78 is 0. The van der Waals surface area contributed by atoms with Gasteiger partial charge in [-0.1, -0.05) is 48.9 Å². The molecule has 0 radical (unpaired) electrons. The third-order valence-electron chi connectivity index (χ3n) is 3.80. The number of anilines is 1. The number of nitro benzene ring substituents is 1. The molecule has 1 aromatic carbocycles. The number of rotatable bonds is 6. The van der Waals surface area contributed by atoms with E-state index in [4.69, 9.17) is 23.2 Å². The zero-order valence-electron chi connectivity index (χ0n) is 11.2. The molecular formula is C14H18Cl2N2O2. The van der Waals surface area contributed by atoms with Gasteiger partial charge in [0, 0.05) is 18.7 Å². The number of nitrogens with zero attached hydrogens (tertiary/aromatic N) is 1. The Bertz CT molecular complexity index is 465. The highest BCUT2D eigenvalue weighted by Gasteiger charge is 2.16. The minimum atomic E-state index is -0.498. The van der Waals surface area contributed by atoms with Crippen molar-refractivity contribution in [2.75, 3.05) is 11.9 Å². The second-order valence-corrected chi connectivity index (χ2v) is 6.08. The van der Waals surface area contributed by atoms with Crippen molar-refractivity contribution in [2.45, 2.75) is 38.5 Å². The van der Waals surface area contributed by atoms with E-state index in [0.717, 1.165) is 18.9 Å². The van der Waals surface area contributed by atoms with E-state index in [-0.39, 0.29) is 5.69 Å². The maximum absolute atomic E-state index is 10.7. The molecule has 20 heavy (non-hydrogen) atoms. The van der Waals surface area contributed by atoms with Crippen molar-refractivity contribution < 1.29 is 4.92 Å². The van der Waals surface area contributed by atoms with Gasteiger partial charge in [0.15, 0.2) is 0 Å². The zero-order valence-corrected chi connectivity index (χ0v) is 12.7. The van der Waals surface area contributed by atoms with Gasteiger partial charge in [0.25, 0.3) is 5.69 Å². The summed E-state index contributed by atoms with van der Waals surface area (Å²) in [5, 5.41) is 14.5. The minimum absolute atomic E-state index is 0.0866. The van der Waals surface area contributed by atoms with Gasteiger partial charge in [-0.25, -0.2) is 0 Å². The lowest BCUT2D eigenvalue weighted by Crippen LogP contribution is -2.05. The monoisotopic (exact) mass is 316 g/mol. The molecule has 1 aliphatic carbocycles. The fourth-order valence-corrected chi connectivity index (χ4v) is 3.35. The van der Waals surface area contributed by atoms with Gasteiger partial charge in [-0.15, -0.1) is 0 Å². The van der Waals surface area contributed by atoms with E-state index in [1.807, 2.05) is 0 Å². The molecule has 4 nitrogen and oxygen atoms in total. The van der Waals surface area contributed by atoms with Gasteiger partial charge in [-0.2, -0.15) is 0 Å². The van der Waals surface area contributed by atoms with E-state index >= 15 is 0 Å². The fourth-order valence-electron chi connectivity index (χ4n) is 2.74. The number of nitro groups is 1. The second-order valence-electron chi connectivity index (χ2n) is 5.26. The Kier molecular flexibility index (Phi) is 5.49. The molecule has 1 N–H and O–H groups in total. The van der Waals surface area contributed by atoms with Gasteiger partial charge in [0.05, 0.1) is 20.7 Å². The van der Waals surface area contributed by atoms with E-state index in [0.29, 0.717) is 15.7 Å². The normalized spacial score (nSPS) is 15.5. The summed E-state index contributed by atoms with van der Waals surface area (Å²) in [6, 6.07) is 2.65. The SMILES string of the molecule is O=[N+]([O-])c1cc(Cl)c(NCCCC2CCCC2)c(Cl)c1. The molecule has 0 aromatic heterocycles. The highest BCUT2D eigenvalue weighted by molar-refractivity contribution is 6.39. The van der Waals surface area contributed by atoms with E-state index in [1.165, 1.54) is 44.2 Å². The standard InChI is InChI=1S/C14H18Cl2N2O2/c15-12-8-11(18(19)20)9-13(16)14(12)17-7-3-6-10-4-1-2-5-10/h8-10,17H,1-7H2. The van der Waals surface area contributed by atoms with E-state index < -0.39 is 4.92 Å².